The van der Waals surface area contributed by atoms with Gasteiger partial charge in [0.2, 0.25) is 15.9 Å². The number of amides is 1. The van der Waals surface area contributed by atoms with Crippen molar-refractivity contribution in [3.8, 4) is 5.88 Å². The van der Waals surface area contributed by atoms with Gasteiger partial charge in [-0.1, -0.05) is 0 Å². The number of aromatic nitrogens is 2. The highest BCUT2D eigenvalue weighted by molar-refractivity contribution is 7.89. The van der Waals surface area contributed by atoms with Gasteiger partial charge in [-0.05, 0) is 50.1 Å². The summed E-state index contributed by atoms with van der Waals surface area (Å²) in [6.07, 6.45) is 3.21. The van der Waals surface area contributed by atoms with E-state index < -0.39 is 10.0 Å². The average Bonchev–Trinajstić information content (AvgIpc) is 3.31. The lowest BCUT2D eigenvalue weighted by atomic mass is 10.1. The molecular weight excluding hydrogens is 404 g/mol. The number of carbonyl (C=O) groups is 1. The standard InChI is InChI=1S/C21H26N4O4S/c1-16-4-9-20(23-22-16)29-18-10-14-24(15-11-18)21(26)17-5-7-19(8-6-17)30(27,28)25-12-2-3-13-25/h4-9,18H,2-3,10-15H2,1H3. The fourth-order valence-electron chi connectivity index (χ4n) is 3.83. The molecule has 0 saturated carbocycles. The Labute approximate surface area is 176 Å². The lowest BCUT2D eigenvalue weighted by Gasteiger charge is -2.32. The van der Waals surface area contributed by atoms with Crippen molar-refractivity contribution in [2.75, 3.05) is 26.2 Å². The summed E-state index contributed by atoms with van der Waals surface area (Å²) in [6.45, 7) is 4.16. The first-order valence-electron chi connectivity index (χ1n) is 10.3. The average molecular weight is 431 g/mol. The van der Waals surface area contributed by atoms with Gasteiger partial charge in [-0.2, -0.15) is 9.40 Å². The van der Waals surface area contributed by atoms with E-state index in [1.165, 1.54) is 16.4 Å². The van der Waals surface area contributed by atoms with Crippen LogP contribution in [0.2, 0.25) is 0 Å². The molecule has 2 aliphatic heterocycles. The van der Waals surface area contributed by atoms with Crippen molar-refractivity contribution in [2.24, 2.45) is 0 Å². The van der Waals surface area contributed by atoms with Gasteiger partial charge in [0.1, 0.15) is 6.10 Å². The summed E-state index contributed by atoms with van der Waals surface area (Å²) in [5, 5.41) is 8.02. The zero-order valence-corrected chi connectivity index (χ0v) is 17.8. The Hall–Kier alpha value is -2.52. The van der Waals surface area contributed by atoms with E-state index in [1.54, 1.807) is 23.1 Å². The van der Waals surface area contributed by atoms with Gasteiger partial charge in [0, 0.05) is 50.7 Å². The van der Waals surface area contributed by atoms with Crippen LogP contribution in [-0.4, -0.2) is 66.0 Å². The molecule has 9 heteroatoms. The summed E-state index contributed by atoms with van der Waals surface area (Å²) in [4.78, 5) is 14.8. The molecule has 0 aliphatic carbocycles. The Morgan fingerprint density at radius 2 is 1.63 bits per heavy atom. The van der Waals surface area contributed by atoms with E-state index >= 15 is 0 Å². The number of rotatable bonds is 5. The van der Waals surface area contributed by atoms with Gasteiger partial charge in [-0.3, -0.25) is 4.79 Å². The number of hydrogen-bond donors (Lipinski definition) is 0. The molecule has 30 heavy (non-hydrogen) atoms. The van der Waals surface area contributed by atoms with E-state index in [-0.39, 0.29) is 16.9 Å². The zero-order chi connectivity index (χ0) is 21.1. The maximum Gasteiger partial charge on any atom is 0.253 e. The molecular formula is C21H26N4O4S. The predicted octanol–water partition coefficient (Wildman–Crippen LogP) is 2.25. The van der Waals surface area contributed by atoms with Crippen LogP contribution >= 0.6 is 0 Å². The van der Waals surface area contributed by atoms with Crippen molar-refractivity contribution >= 4 is 15.9 Å². The number of hydrogen-bond acceptors (Lipinski definition) is 6. The maximum absolute atomic E-state index is 12.8. The summed E-state index contributed by atoms with van der Waals surface area (Å²) in [5.74, 6) is 0.411. The highest BCUT2D eigenvalue weighted by atomic mass is 32.2. The van der Waals surface area contributed by atoms with E-state index in [2.05, 4.69) is 10.2 Å². The molecule has 1 amide bonds. The van der Waals surface area contributed by atoms with Gasteiger partial charge in [0.15, 0.2) is 0 Å². The van der Waals surface area contributed by atoms with Crippen LogP contribution in [0.5, 0.6) is 5.88 Å². The van der Waals surface area contributed by atoms with Crippen LogP contribution in [0.3, 0.4) is 0 Å². The number of likely N-dealkylation sites (tertiary alicyclic amines) is 1. The fraction of sp³-hybridized carbons (Fsp3) is 0.476. The molecule has 1 aromatic carbocycles. The minimum Gasteiger partial charge on any atom is -0.473 e. The Kier molecular flexibility index (Phi) is 6.01. The van der Waals surface area contributed by atoms with E-state index in [0.29, 0.717) is 50.5 Å². The molecule has 2 saturated heterocycles. The van der Waals surface area contributed by atoms with Gasteiger partial charge in [-0.25, -0.2) is 8.42 Å². The topological polar surface area (TPSA) is 92.7 Å². The monoisotopic (exact) mass is 430 g/mol. The van der Waals surface area contributed by atoms with Crippen molar-refractivity contribution in [1.29, 1.82) is 0 Å². The van der Waals surface area contributed by atoms with Gasteiger partial charge in [0.25, 0.3) is 5.91 Å². The molecule has 0 atom stereocenters. The maximum atomic E-state index is 12.8. The minimum absolute atomic E-state index is 0.000892. The molecule has 0 bridgehead atoms. The minimum atomic E-state index is -3.46. The first-order valence-corrected chi connectivity index (χ1v) is 11.7. The molecule has 4 rings (SSSR count). The first-order chi connectivity index (χ1) is 14.4. The number of ether oxygens (including phenoxy) is 1. The Balaban J connectivity index is 1.34. The van der Waals surface area contributed by atoms with Crippen LogP contribution in [0.25, 0.3) is 0 Å². The van der Waals surface area contributed by atoms with Gasteiger partial charge >= 0.3 is 0 Å². The molecule has 1 aromatic heterocycles. The van der Waals surface area contributed by atoms with Crippen molar-refractivity contribution in [1.82, 2.24) is 19.4 Å². The van der Waals surface area contributed by atoms with E-state index in [1.807, 2.05) is 13.0 Å². The van der Waals surface area contributed by atoms with Gasteiger partial charge < -0.3 is 9.64 Å². The molecule has 0 radical (unpaired) electrons. The number of sulfonamides is 1. The molecule has 0 N–H and O–H groups in total. The molecule has 2 aromatic rings. The Morgan fingerprint density at radius 3 is 2.23 bits per heavy atom. The normalized spacial score (nSPS) is 18.5. The van der Waals surface area contributed by atoms with Gasteiger partial charge in [0.05, 0.1) is 10.6 Å². The van der Waals surface area contributed by atoms with Crippen LogP contribution in [0.4, 0.5) is 0 Å². The second-order valence-corrected chi connectivity index (χ2v) is 9.70. The van der Waals surface area contributed by atoms with Crippen molar-refractivity contribution in [3.05, 3.63) is 47.7 Å². The number of carbonyl (C=O) groups excluding carboxylic acids is 1. The van der Waals surface area contributed by atoms with Crippen molar-refractivity contribution in [2.45, 2.75) is 43.6 Å². The quantitative estimate of drug-likeness (QED) is 0.722. The third-order valence-electron chi connectivity index (χ3n) is 5.59. The van der Waals surface area contributed by atoms with Crippen molar-refractivity contribution in [3.63, 3.8) is 0 Å². The lowest BCUT2D eigenvalue weighted by Crippen LogP contribution is -2.41. The first kappa shape index (κ1) is 20.7. The SMILES string of the molecule is Cc1ccc(OC2CCN(C(=O)c3ccc(S(=O)(=O)N4CCCC4)cc3)CC2)nn1. The lowest BCUT2D eigenvalue weighted by molar-refractivity contribution is 0.0586. The van der Waals surface area contributed by atoms with E-state index in [9.17, 15) is 13.2 Å². The van der Waals surface area contributed by atoms with Crippen LogP contribution in [0.15, 0.2) is 41.3 Å². The van der Waals surface area contributed by atoms with E-state index in [0.717, 1.165) is 18.5 Å². The Morgan fingerprint density at radius 1 is 0.967 bits per heavy atom. The number of benzene rings is 1. The second-order valence-electron chi connectivity index (χ2n) is 7.76. The molecule has 0 unspecified atom stereocenters. The third-order valence-corrected chi connectivity index (χ3v) is 7.51. The third kappa shape index (κ3) is 4.46. The molecule has 2 fully saturated rings. The summed E-state index contributed by atoms with van der Waals surface area (Å²) < 4.78 is 32.6. The van der Waals surface area contributed by atoms with Gasteiger partial charge in [-0.15, -0.1) is 5.10 Å². The molecule has 2 aliphatic rings. The second kappa shape index (κ2) is 8.69. The summed E-state index contributed by atoms with van der Waals surface area (Å²) >= 11 is 0. The number of nitrogens with zero attached hydrogens (tertiary/aromatic N) is 4. The highest BCUT2D eigenvalue weighted by Crippen LogP contribution is 2.23. The fourth-order valence-corrected chi connectivity index (χ4v) is 5.34. The van der Waals surface area contributed by atoms with Crippen LogP contribution in [0.1, 0.15) is 41.7 Å². The summed E-state index contributed by atoms with van der Waals surface area (Å²) in [7, 11) is -3.46. The summed E-state index contributed by atoms with van der Waals surface area (Å²) in [5.41, 5.74) is 1.33. The van der Waals surface area contributed by atoms with E-state index in [4.69, 9.17) is 4.74 Å². The molecule has 160 valence electrons. The molecule has 0 spiro atoms. The zero-order valence-electron chi connectivity index (χ0n) is 17.0. The highest BCUT2D eigenvalue weighted by Gasteiger charge is 2.28. The van der Waals surface area contributed by atoms with Crippen LogP contribution in [-0.2, 0) is 10.0 Å². The summed E-state index contributed by atoms with van der Waals surface area (Å²) in [6, 6.07) is 9.94. The Bertz CT molecular complexity index is 979. The molecule has 8 nitrogen and oxygen atoms in total. The molecule has 3 heterocycles. The van der Waals surface area contributed by atoms with Crippen LogP contribution in [0, 0.1) is 6.92 Å². The van der Waals surface area contributed by atoms with Crippen LogP contribution < -0.4 is 4.74 Å². The predicted molar refractivity (Wildman–Crippen MR) is 111 cm³/mol. The van der Waals surface area contributed by atoms with Crippen molar-refractivity contribution < 1.29 is 17.9 Å². The smallest absolute Gasteiger partial charge is 0.253 e. The largest absolute Gasteiger partial charge is 0.473 e. The number of piperidine rings is 1. The number of aryl methyl sites for hydroxylation is 1.